The molecule has 0 saturated heterocycles. The fourth-order valence-electron chi connectivity index (χ4n) is 3.62. The van der Waals surface area contributed by atoms with Crippen LogP contribution in [0.15, 0.2) is 69.9 Å². The van der Waals surface area contributed by atoms with E-state index in [1.807, 2.05) is 19.9 Å². The summed E-state index contributed by atoms with van der Waals surface area (Å²) in [7, 11) is 0. The molecule has 0 unspecified atom stereocenters. The SMILES string of the molecule is CC(C)N(Cc1nc2ccccc2c(=O)[nH]1)C(=O)CCc1ccc(-c2ccccc2F)o1. The molecule has 1 N–H and O–H groups in total. The van der Waals surface area contributed by atoms with Gasteiger partial charge in [0.2, 0.25) is 5.91 Å². The number of nitrogens with zero attached hydrogens (tertiary/aromatic N) is 2. The molecule has 2 aromatic heterocycles. The first kappa shape index (κ1) is 21.5. The van der Waals surface area contributed by atoms with Gasteiger partial charge in [0.25, 0.3) is 5.56 Å². The van der Waals surface area contributed by atoms with Gasteiger partial charge in [0.05, 0.1) is 23.0 Å². The van der Waals surface area contributed by atoms with Crippen LogP contribution >= 0.6 is 0 Å². The molecule has 0 fully saturated rings. The van der Waals surface area contributed by atoms with E-state index in [1.165, 1.54) is 6.07 Å². The monoisotopic (exact) mass is 433 g/mol. The maximum Gasteiger partial charge on any atom is 0.258 e. The van der Waals surface area contributed by atoms with Gasteiger partial charge in [-0.2, -0.15) is 0 Å². The van der Waals surface area contributed by atoms with Crippen molar-refractivity contribution in [2.24, 2.45) is 0 Å². The minimum absolute atomic E-state index is 0.0788. The quantitative estimate of drug-likeness (QED) is 0.459. The number of aryl methyl sites for hydroxylation is 1. The number of aromatic amines is 1. The molecule has 0 atom stereocenters. The Kier molecular flexibility index (Phi) is 6.16. The first-order chi connectivity index (χ1) is 15.4. The molecule has 6 nitrogen and oxygen atoms in total. The molecule has 0 aliphatic rings. The van der Waals surface area contributed by atoms with Gasteiger partial charge in [-0.05, 0) is 50.2 Å². The zero-order valence-corrected chi connectivity index (χ0v) is 18.0. The maximum absolute atomic E-state index is 14.0. The van der Waals surface area contributed by atoms with Crippen LogP contribution in [0.25, 0.3) is 22.2 Å². The van der Waals surface area contributed by atoms with Gasteiger partial charge in [-0.25, -0.2) is 9.37 Å². The lowest BCUT2D eigenvalue weighted by atomic mass is 10.1. The van der Waals surface area contributed by atoms with Crippen LogP contribution in [0.4, 0.5) is 4.39 Å². The van der Waals surface area contributed by atoms with Crippen molar-refractivity contribution < 1.29 is 13.6 Å². The molecule has 0 aliphatic heterocycles. The van der Waals surface area contributed by atoms with Crippen molar-refractivity contribution in [3.05, 3.63) is 88.4 Å². The van der Waals surface area contributed by atoms with Crippen LogP contribution in [-0.2, 0) is 17.8 Å². The molecule has 2 heterocycles. The smallest absolute Gasteiger partial charge is 0.258 e. The number of aromatic nitrogens is 2. The van der Waals surface area contributed by atoms with Crippen molar-refractivity contribution in [3.63, 3.8) is 0 Å². The van der Waals surface area contributed by atoms with Crippen molar-refractivity contribution in [1.82, 2.24) is 14.9 Å². The van der Waals surface area contributed by atoms with Crippen molar-refractivity contribution in [2.75, 3.05) is 0 Å². The van der Waals surface area contributed by atoms with E-state index in [-0.39, 0.29) is 36.3 Å². The van der Waals surface area contributed by atoms with Gasteiger partial charge in [-0.3, -0.25) is 9.59 Å². The first-order valence-corrected chi connectivity index (χ1v) is 10.5. The Balaban J connectivity index is 1.45. The topological polar surface area (TPSA) is 79.2 Å². The van der Waals surface area contributed by atoms with E-state index in [1.54, 1.807) is 53.4 Å². The molecule has 4 rings (SSSR count). The molecular weight excluding hydrogens is 409 g/mol. The normalized spacial score (nSPS) is 11.2. The number of benzene rings is 2. The average molecular weight is 433 g/mol. The standard InChI is InChI=1S/C25H24FN3O3/c1-16(2)29(15-23-27-21-10-6-4-8-19(21)25(31)28-23)24(30)14-12-17-11-13-22(32-17)18-7-3-5-9-20(18)26/h3-11,13,16H,12,14-15H2,1-2H3,(H,27,28,31). The number of fused-ring (bicyclic) bond motifs is 1. The van der Waals surface area contributed by atoms with Crippen molar-refractivity contribution in [2.45, 2.75) is 39.3 Å². The van der Waals surface area contributed by atoms with Crippen LogP contribution in [0.5, 0.6) is 0 Å². The number of carbonyl (C=O) groups excluding carboxylic acids is 1. The zero-order chi connectivity index (χ0) is 22.7. The highest BCUT2D eigenvalue weighted by Crippen LogP contribution is 2.25. The van der Waals surface area contributed by atoms with Crippen LogP contribution in [0.1, 0.15) is 31.9 Å². The lowest BCUT2D eigenvalue weighted by Gasteiger charge is -2.26. The van der Waals surface area contributed by atoms with E-state index in [0.29, 0.717) is 40.2 Å². The summed E-state index contributed by atoms with van der Waals surface area (Å²) in [5, 5.41) is 0.516. The van der Waals surface area contributed by atoms with Gasteiger partial charge < -0.3 is 14.3 Å². The van der Waals surface area contributed by atoms with Gasteiger partial charge in [-0.1, -0.05) is 24.3 Å². The molecular formula is C25H24FN3O3. The number of halogens is 1. The summed E-state index contributed by atoms with van der Waals surface area (Å²) in [4.78, 5) is 34.2. The Morgan fingerprint density at radius 3 is 2.62 bits per heavy atom. The number of hydrogen-bond donors (Lipinski definition) is 1. The molecule has 0 radical (unpaired) electrons. The summed E-state index contributed by atoms with van der Waals surface area (Å²) in [6.07, 6.45) is 0.610. The molecule has 0 saturated carbocycles. The number of nitrogens with one attached hydrogen (secondary N) is 1. The number of rotatable bonds is 7. The fraction of sp³-hybridized carbons (Fsp3) is 0.240. The minimum atomic E-state index is -0.354. The van der Waals surface area contributed by atoms with E-state index in [2.05, 4.69) is 9.97 Å². The highest BCUT2D eigenvalue weighted by Gasteiger charge is 2.20. The molecule has 0 bridgehead atoms. The molecule has 1 amide bonds. The summed E-state index contributed by atoms with van der Waals surface area (Å²) < 4.78 is 19.7. The molecule has 0 spiro atoms. The predicted octanol–water partition coefficient (Wildman–Crippen LogP) is 4.69. The third kappa shape index (κ3) is 4.61. The highest BCUT2D eigenvalue weighted by molar-refractivity contribution is 5.78. The number of para-hydroxylation sites is 1. The molecule has 0 aliphatic carbocycles. The Hall–Kier alpha value is -3.74. The number of hydrogen-bond acceptors (Lipinski definition) is 4. The van der Waals surface area contributed by atoms with Crippen molar-refractivity contribution >= 4 is 16.8 Å². The number of H-pyrrole nitrogens is 1. The van der Waals surface area contributed by atoms with E-state index in [0.717, 1.165) is 0 Å². The molecule has 164 valence electrons. The van der Waals surface area contributed by atoms with E-state index < -0.39 is 0 Å². The minimum Gasteiger partial charge on any atom is -0.461 e. The number of amides is 1. The highest BCUT2D eigenvalue weighted by atomic mass is 19.1. The van der Waals surface area contributed by atoms with Gasteiger partial charge >= 0.3 is 0 Å². The Morgan fingerprint density at radius 1 is 1.09 bits per heavy atom. The lowest BCUT2D eigenvalue weighted by Crippen LogP contribution is -2.37. The van der Waals surface area contributed by atoms with Crippen LogP contribution < -0.4 is 5.56 Å². The van der Waals surface area contributed by atoms with E-state index >= 15 is 0 Å². The Labute approximate surface area is 184 Å². The first-order valence-electron chi connectivity index (χ1n) is 10.5. The van der Waals surface area contributed by atoms with E-state index in [4.69, 9.17) is 4.42 Å². The second-order valence-electron chi connectivity index (χ2n) is 7.89. The molecule has 32 heavy (non-hydrogen) atoms. The maximum atomic E-state index is 14.0. The van der Waals surface area contributed by atoms with Crippen LogP contribution in [0.2, 0.25) is 0 Å². The van der Waals surface area contributed by atoms with Crippen LogP contribution in [0.3, 0.4) is 0 Å². The average Bonchev–Trinajstić information content (AvgIpc) is 3.25. The second-order valence-corrected chi connectivity index (χ2v) is 7.89. The van der Waals surface area contributed by atoms with Crippen LogP contribution in [0, 0.1) is 5.82 Å². The van der Waals surface area contributed by atoms with Crippen molar-refractivity contribution in [1.29, 1.82) is 0 Å². The summed E-state index contributed by atoms with van der Waals surface area (Å²) in [6.45, 7) is 4.04. The largest absolute Gasteiger partial charge is 0.461 e. The summed E-state index contributed by atoms with van der Waals surface area (Å²) >= 11 is 0. The second kappa shape index (κ2) is 9.18. The van der Waals surface area contributed by atoms with Gasteiger partial charge in [0.15, 0.2) is 0 Å². The Bertz CT molecular complexity index is 1310. The fourth-order valence-corrected chi connectivity index (χ4v) is 3.62. The van der Waals surface area contributed by atoms with Crippen LogP contribution in [-0.4, -0.2) is 26.8 Å². The number of furan rings is 1. The molecule has 2 aromatic carbocycles. The van der Waals surface area contributed by atoms with E-state index in [9.17, 15) is 14.0 Å². The third-order valence-electron chi connectivity index (χ3n) is 5.31. The molecule has 7 heteroatoms. The summed E-state index contributed by atoms with van der Waals surface area (Å²) in [5.74, 6) is 1.05. The van der Waals surface area contributed by atoms with Gasteiger partial charge in [0.1, 0.15) is 23.2 Å². The summed E-state index contributed by atoms with van der Waals surface area (Å²) in [5.41, 5.74) is 0.761. The molecule has 4 aromatic rings. The number of carbonyl (C=O) groups is 1. The Morgan fingerprint density at radius 2 is 1.84 bits per heavy atom. The summed E-state index contributed by atoms with van der Waals surface area (Å²) in [6, 6.07) is 16.9. The predicted molar refractivity (Wildman–Crippen MR) is 120 cm³/mol. The zero-order valence-electron chi connectivity index (χ0n) is 18.0. The third-order valence-corrected chi connectivity index (χ3v) is 5.31. The lowest BCUT2D eigenvalue weighted by molar-refractivity contribution is -0.133. The van der Waals surface area contributed by atoms with Crippen molar-refractivity contribution in [3.8, 4) is 11.3 Å². The van der Waals surface area contributed by atoms with Gasteiger partial charge in [-0.15, -0.1) is 0 Å². The van der Waals surface area contributed by atoms with Gasteiger partial charge in [0, 0.05) is 18.9 Å².